The Balaban J connectivity index is 1.33. The van der Waals surface area contributed by atoms with Gasteiger partial charge in [-0.15, -0.1) is 0 Å². The Kier molecular flexibility index (Phi) is 4.81. The molecular formula is C22H20N4O2S. The van der Waals surface area contributed by atoms with Gasteiger partial charge in [0.2, 0.25) is 11.7 Å². The number of benzene rings is 2. The van der Waals surface area contributed by atoms with Crippen LogP contribution < -0.4 is 4.74 Å². The van der Waals surface area contributed by atoms with Crippen LogP contribution in [-0.2, 0) is 5.75 Å². The van der Waals surface area contributed by atoms with Crippen molar-refractivity contribution in [2.24, 2.45) is 0 Å². The molecule has 1 aliphatic rings. The number of aromatic nitrogens is 4. The van der Waals surface area contributed by atoms with E-state index in [-0.39, 0.29) is 0 Å². The molecule has 0 atom stereocenters. The van der Waals surface area contributed by atoms with Gasteiger partial charge >= 0.3 is 0 Å². The Bertz CT molecular complexity index is 1100. The Hall–Kier alpha value is -3.06. The quantitative estimate of drug-likeness (QED) is 0.393. The van der Waals surface area contributed by atoms with Crippen LogP contribution in [0.4, 0.5) is 0 Å². The molecule has 0 amide bonds. The lowest BCUT2D eigenvalue weighted by Crippen LogP contribution is -1.99. The minimum atomic E-state index is 0.535. The highest BCUT2D eigenvalue weighted by Gasteiger charge is 2.29. The van der Waals surface area contributed by atoms with Crippen molar-refractivity contribution >= 4 is 11.8 Å². The monoisotopic (exact) mass is 404 g/mol. The molecule has 2 heterocycles. The third-order valence-electron chi connectivity index (χ3n) is 4.89. The maximum Gasteiger partial charge on any atom is 0.237 e. The van der Waals surface area contributed by atoms with Gasteiger partial charge in [-0.1, -0.05) is 47.3 Å². The number of methoxy groups -OCH3 is 1. The zero-order chi connectivity index (χ0) is 19.6. The molecule has 1 saturated carbocycles. The molecule has 0 aliphatic heterocycles. The molecule has 0 bridgehead atoms. The van der Waals surface area contributed by atoms with Crippen molar-refractivity contribution in [2.75, 3.05) is 7.11 Å². The third-order valence-corrected chi connectivity index (χ3v) is 5.84. The average molecular weight is 404 g/mol. The van der Waals surface area contributed by atoms with Crippen molar-refractivity contribution in [3.8, 4) is 28.4 Å². The van der Waals surface area contributed by atoms with Gasteiger partial charge in [-0.3, -0.25) is 0 Å². The topological polar surface area (TPSA) is 66.0 Å². The van der Waals surface area contributed by atoms with Crippen molar-refractivity contribution in [3.63, 3.8) is 0 Å². The Labute approximate surface area is 172 Å². The highest BCUT2D eigenvalue weighted by Crippen LogP contribution is 2.42. The van der Waals surface area contributed by atoms with E-state index in [1.54, 1.807) is 18.9 Å². The van der Waals surface area contributed by atoms with Crippen LogP contribution in [0.15, 0.2) is 70.5 Å². The first-order chi connectivity index (χ1) is 14.3. The maximum absolute atomic E-state index is 5.45. The molecule has 5 rings (SSSR count). The standard InChI is InChI=1S/C22H20N4O2S/c1-27-18-11-7-16(8-12-18)21-24-20(28-25-21)14-29-22-23-13-19(26(22)17-9-10-17)15-5-3-2-4-6-15/h2-8,11-13,17H,9-10,14H2,1H3. The van der Waals surface area contributed by atoms with Crippen LogP contribution in [0.1, 0.15) is 24.8 Å². The molecule has 7 heteroatoms. The van der Waals surface area contributed by atoms with Gasteiger partial charge in [-0.25, -0.2) is 4.98 Å². The number of thioether (sulfide) groups is 1. The Morgan fingerprint density at radius 3 is 2.59 bits per heavy atom. The van der Waals surface area contributed by atoms with Crippen LogP contribution in [-0.4, -0.2) is 26.8 Å². The lowest BCUT2D eigenvalue weighted by atomic mass is 10.2. The maximum atomic E-state index is 5.45. The minimum absolute atomic E-state index is 0.535. The summed E-state index contributed by atoms with van der Waals surface area (Å²) in [6.07, 6.45) is 4.37. The summed E-state index contributed by atoms with van der Waals surface area (Å²) in [5.74, 6) is 2.56. The van der Waals surface area contributed by atoms with Gasteiger partial charge in [0.1, 0.15) is 5.75 Å². The van der Waals surface area contributed by atoms with E-state index in [1.165, 1.54) is 24.1 Å². The van der Waals surface area contributed by atoms with Crippen molar-refractivity contribution in [1.82, 2.24) is 19.7 Å². The lowest BCUT2D eigenvalue weighted by Gasteiger charge is -2.10. The highest BCUT2D eigenvalue weighted by atomic mass is 32.2. The molecule has 0 radical (unpaired) electrons. The molecule has 0 unspecified atom stereocenters. The molecule has 29 heavy (non-hydrogen) atoms. The largest absolute Gasteiger partial charge is 0.497 e. The summed E-state index contributed by atoms with van der Waals surface area (Å²) in [4.78, 5) is 9.20. The van der Waals surface area contributed by atoms with Gasteiger partial charge in [0.15, 0.2) is 5.16 Å². The molecule has 2 aromatic heterocycles. The van der Waals surface area contributed by atoms with E-state index in [2.05, 4.69) is 44.0 Å². The van der Waals surface area contributed by atoms with Crippen LogP contribution in [0.2, 0.25) is 0 Å². The van der Waals surface area contributed by atoms with E-state index in [9.17, 15) is 0 Å². The fraction of sp³-hybridized carbons (Fsp3) is 0.227. The number of imidazole rings is 1. The second-order valence-electron chi connectivity index (χ2n) is 6.92. The lowest BCUT2D eigenvalue weighted by molar-refractivity contribution is 0.391. The predicted octanol–water partition coefficient (Wildman–Crippen LogP) is 5.24. The zero-order valence-electron chi connectivity index (χ0n) is 16.0. The van der Waals surface area contributed by atoms with Crippen molar-refractivity contribution < 1.29 is 9.26 Å². The van der Waals surface area contributed by atoms with E-state index in [4.69, 9.17) is 9.26 Å². The smallest absolute Gasteiger partial charge is 0.237 e. The normalized spacial score (nSPS) is 13.6. The van der Waals surface area contributed by atoms with Gasteiger partial charge in [0, 0.05) is 11.6 Å². The summed E-state index contributed by atoms with van der Waals surface area (Å²) in [6, 6.07) is 18.6. The summed E-state index contributed by atoms with van der Waals surface area (Å²) in [5.41, 5.74) is 3.26. The summed E-state index contributed by atoms with van der Waals surface area (Å²) in [5, 5.41) is 5.11. The summed E-state index contributed by atoms with van der Waals surface area (Å²) < 4.78 is 13.0. The van der Waals surface area contributed by atoms with E-state index < -0.39 is 0 Å². The van der Waals surface area contributed by atoms with Crippen LogP contribution in [0, 0.1) is 0 Å². The van der Waals surface area contributed by atoms with Crippen molar-refractivity contribution in [1.29, 1.82) is 0 Å². The molecular weight excluding hydrogens is 384 g/mol. The van der Waals surface area contributed by atoms with E-state index in [0.717, 1.165) is 16.5 Å². The molecule has 2 aromatic carbocycles. The van der Waals surface area contributed by atoms with Gasteiger partial charge in [-0.2, -0.15) is 4.98 Å². The van der Waals surface area contributed by atoms with Crippen molar-refractivity contribution in [2.45, 2.75) is 29.8 Å². The molecule has 1 aliphatic carbocycles. The first-order valence-electron chi connectivity index (χ1n) is 9.54. The summed E-state index contributed by atoms with van der Waals surface area (Å²) in [6.45, 7) is 0. The van der Waals surface area contributed by atoms with Crippen LogP contribution in [0.25, 0.3) is 22.6 Å². The number of hydrogen-bond acceptors (Lipinski definition) is 6. The first kappa shape index (κ1) is 18.0. The Morgan fingerprint density at radius 1 is 1.07 bits per heavy atom. The predicted molar refractivity (Wildman–Crippen MR) is 112 cm³/mol. The highest BCUT2D eigenvalue weighted by molar-refractivity contribution is 7.98. The second kappa shape index (κ2) is 7.75. The fourth-order valence-electron chi connectivity index (χ4n) is 3.26. The minimum Gasteiger partial charge on any atom is -0.497 e. The number of hydrogen-bond donors (Lipinski definition) is 0. The third kappa shape index (κ3) is 3.78. The summed E-state index contributed by atoms with van der Waals surface area (Å²) >= 11 is 1.63. The molecule has 0 saturated heterocycles. The van der Waals surface area contributed by atoms with Gasteiger partial charge in [0.25, 0.3) is 0 Å². The molecule has 146 valence electrons. The van der Waals surface area contributed by atoms with Gasteiger partial charge in [-0.05, 0) is 42.7 Å². The molecule has 0 N–H and O–H groups in total. The molecule has 6 nitrogen and oxygen atoms in total. The van der Waals surface area contributed by atoms with Crippen LogP contribution in [0.5, 0.6) is 5.75 Å². The average Bonchev–Trinajstić information content (AvgIpc) is 3.35. The number of nitrogens with zero attached hydrogens (tertiary/aromatic N) is 4. The molecule has 1 fully saturated rings. The van der Waals surface area contributed by atoms with Gasteiger partial charge < -0.3 is 13.8 Å². The molecule has 4 aromatic rings. The second-order valence-corrected chi connectivity index (χ2v) is 7.86. The van der Waals surface area contributed by atoms with Crippen molar-refractivity contribution in [3.05, 3.63) is 66.7 Å². The summed E-state index contributed by atoms with van der Waals surface area (Å²) in [7, 11) is 1.65. The van der Waals surface area contributed by atoms with Crippen LogP contribution >= 0.6 is 11.8 Å². The van der Waals surface area contributed by atoms with E-state index in [1.807, 2.05) is 36.5 Å². The van der Waals surface area contributed by atoms with E-state index >= 15 is 0 Å². The van der Waals surface area contributed by atoms with Gasteiger partial charge in [0.05, 0.1) is 24.8 Å². The first-order valence-corrected chi connectivity index (χ1v) is 10.5. The fourth-order valence-corrected chi connectivity index (χ4v) is 4.14. The van der Waals surface area contributed by atoms with Crippen LogP contribution in [0.3, 0.4) is 0 Å². The molecule has 0 spiro atoms. The number of rotatable bonds is 7. The SMILES string of the molecule is COc1ccc(-c2noc(CSc3ncc(-c4ccccc4)n3C3CC3)n2)cc1. The van der Waals surface area contributed by atoms with E-state index in [0.29, 0.717) is 23.5 Å². The number of ether oxygens (including phenoxy) is 1. The Morgan fingerprint density at radius 2 is 1.86 bits per heavy atom. The zero-order valence-corrected chi connectivity index (χ0v) is 16.8.